The summed E-state index contributed by atoms with van der Waals surface area (Å²) < 4.78 is 40.6. The van der Waals surface area contributed by atoms with E-state index >= 15 is 0 Å². The topological polar surface area (TPSA) is 91.2 Å². The highest BCUT2D eigenvalue weighted by atomic mass is 35.5. The van der Waals surface area contributed by atoms with Gasteiger partial charge in [-0.15, -0.1) is 0 Å². The van der Waals surface area contributed by atoms with E-state index in [9.17, 15) is 9.18 Å². The second kappa shape index (κ2) is 10.4. The van der Waals surface area contributed by atoms with Gasteiger partial charge in [0.2, 0.25) is 0 Å². The molecule has 222 valence electrons. The number of carbonyl (C=O) groups excluding carboxylic acids is 1. The van der Waals surface area contributed by atoms with E-state index in [0.717, 1.165) is 36.5 Å². The predicted molar refractivity (Wildman–Crippen MR) is 155 cm³/mol. The van der Waals surface area contributed by atoms with Crippen molar-refractivity contribution in [1.29, 1.82) is 0 Å². The van der Waals surface area contributed by atoms with Crippen LogP contribution < -0.4 is 14.4 Å². The van der Waals surface area contributed by atoms with Crippen molar-refractivity contribution in [3.63, 3.8) is 0 Å². The summed E-state index contributed by atoms with van der Waals surface area (Å²) in [7, 11) is 1.35. The number of rotatable bonds is 4. The summed E-state index contributed by atoms with van der Waals surface area (Å²) in [6, 6.07) is 14.0. The summed E-state index contributed by atoms with van der Waals surface area (Å²) in [6.45, 7) is 3.83. The third-order valence-corrected chi connectivity index (χ3v) is 9.18. The first-order valence-corrected chi connectivity index (χ1v) is 14.8. The highest BCUT2D eigenvalue weighted by molar-refractivity contribution is 6.30. The molecule has 2 aromatic carbocycles. The van der Waals surface area contributed by atoms with Crippen molar-refractivity contribution in [2.75, 3.05) is 44.9 Å². The third-order valence-electron chi connectivity index (χ3n) is 8.95. The summed E-state index contributed by atoms with van der Waals surface area (Å²) in [4.78, 5) is 26.7. The normalized spacial score (nSPS) is 24.7. The molecular weight excluding hydrogens is 577 g/mol. The number of benzene rings is 2. The number of halogens is 2. The molecular formula is C31H29ClFN5O5. The standard InChI is InChI=1S/C31H29ClFN5O5/c1-40-31(39)21-8-7-20-30(35-21)38-27(34-20)15-37-11-10-36(14-23(37)28(38)24-9-12-41-24)22-3-2-4-25-29(22)43-26(16-42-25)18-6-5-17(32)13-19(18)33/h2-8,13,23-24,26,28H,9-12,14-16H2,1H3/t23-,24+,26?,28?/m1/s1. The number of methoxy groups -OCH3 is 1. The van der Waals surface area contributed by atoms with Gasteiger partial charge in [-0.1, -0.05) is 23.7 Å². The van der Waals surface area contributed by atoms with Gasteiger partial charge in [0.15, 0.2) is 28.9 Å². The van der Waals surface area contributed by atoms with Gasteiger partial charge in [-0.3, -0.25) is 4.90 Å². The molecule has 0 saturated carbocycles. The fraction of sp³-hybridized carbons (Fsp3) is 0.387. The Morgan fingerprint density at radius 2 is 2.02 bits per heavy atom. The van der Waals surface area contributed by atoms with Crippen molar-refractivity contribution in [2.24, 2.45) is 0 Å². The van der Waals surface area contributed by atoms with Crippen molar-refractivity contribution in [3.8, 4) is 11.5 Å². The number of fused-ring (bicyclic) bond motifs is 5. The average Bonchev–Trinajstić information content (AvgIpc) is 3.36. The highest BCUT2D eigenvalue weighted by Gasteiger charge is 2.47. The Morgan fingerprint density at radius 1 is 1.14 bits per heavy atom. The number of ether oxygens (including phenoxy) is 4. The number of carbonyl (C=O) groups is 1. The van der Waals surface area contributed by atoms with Crippen LogP contribution in [0.2, 0.25) is 5.02 Å². The first-order valence-electron chi connectivity index (χ1n) is 14.4. The maximum absolute atomic E-state index is 14.8. The Kier molecular flexibility index (Phi) is 6.43. The maximum atomic E-state index is 14.8. The molecule has 43 heavy (non-hydrogen) atoms. The van der Waals surface area contributed by atoms with Crippen LogP contribution in [0.25, 0.3) is 11.2 Å². The monoisotopic (exact) mass is 605 g/mol. The molecule has 0 spiro atoms. The van der Waals surface area contributed by atoms with Crippen LogP contribution in [0.5, 0.6) is 11.5 Å². The number of esters is 1. The lowest BCUT2D eigenvalue weighted by molar-refractivity contribution is -0.107. The minimum absolute atomic E-state index is 0.00554. The minimum atomic E-state index is -0.604. The smallest absolute Gasteiger partial charge is 0.356 e. The number of hydrogen-bond donors (Lipinski definition) is 0. The van der Waals surface area contributed by atoms with Crippen molar-refractivity contribution < 1.29 is 28.1 Å². The number of hydrogen-bond acceptors (Lipinski definition) is 9. The van der Waals surface area contributed by atoms with E-state index < -0.39 is 17.9 Å². The summed E-state index contributed by atoms with van der Waals surface area (Å²) in [6.07, 6.45) is 0.318. The Bertz CT molecular complexity index is 1750. The second-order valence-corrected chi connectivity index (χ2v) is 11.7. The summed E-state index contributed by atoms with van der Waals surface area (Å²) in [5.74, 6) is 1.25. The van der Waals surface area contributed by atoms with Gasteiger partial charge in [-0.2, -0.15) is 0 Å². The SMILES string of the molecule is COC(=O)c1ccc2nc3n(c2n1)C([C@@H]1CCO1)[C@H]1CN(c2cccc4c2OC(c2ccc(Cl)cc2F)CO4)CCN1C3. The number of nitrogens with zero attached hydrogens (tertiary/aromatic N) is 5. The minimum Gasteiger partial charge on any atom is -0.485 e. The van der Waals surface area contributed by atoms with Crippen molar-refractivity contribution in [3.05, 3.63) is 76.5 Å². The molecule has 8 rings (SSSR count). The van der Waals surface area contributed by atoms with Gasteiger partial charge in [-0.25, -0.2) is 19.2 Å². The van der Waals surface area contributed by atoms with Gasteiger partial charge in [0.25, 0.3) is 0 Å². The van der Waals surface area contributed by atoms with Gasteiger partial charge >= 0.3 is 5.97 Å². The molecule has 6 heterocycles. The molecule has 0 amide bonds. The van der Waals surface area contributed by atoms with Crippen LogP contribution >= 0.6 is 11.6 Å². The average molecular weight is 606 g/mol. The van der Waals surface area contributed by atoms with Crippen LogP contribution in [0.3, 0.4) is 0 Å². The number of pyridine rings is 1. The molecule has 4 atom stereocenters. The molecule has 4 aromatic rings. The van der Waals surface area contributed by atoms with Crippen molar-refractivity contribution in [2.45, 2.75) is 37.3 Å². The lowest BCUT2D eigenvalue weighted by atomic mass is 9.91. The highest BCUT2D eigenvalue weighted by Crippen LogP contribution is 2.46. The fourth-order valence-electron chi connectivity index (χ4n) is 6.78. The molecule has 12 heteroatoms. The predicted octanol–water partition coefficient (Wildman–Crippen LogP) is 4.56. The van der Waals surface area contributed by atoms with E-state index in [4.69, 9.17) is 40.5 Å². The Hall–Kier alpha value is -3.93. The van der Waals surface area contributed by atoms with E-state index in [1.165, 1.54) is 13.2 Å². The third kappa shape index (κ3) is 4.40. The van der Waals surface area contributed by atoms with Crippen LogP contribution in [-0.2, 0) is 16.0 Å². The van der Waals surface area contributed by atoms with E-state index in [-0.39, 0.29) is 30.5 Å². The van der Waals surface area contributed by atoms with Gasteiger partial charge in [0, 0.05) is 36.8 Å². The number of anilines is 1. The van der Waals surface area contributed by atoms with Crippen LogP contribution in [0, 0.1) is 5.82 Å². The molecule has 4 aliphatic heterocycles. The van der Waals surface area contributed by atoms with E-state index in [2.05, 4.69) is 14.4 Å². The molecule has 0 N–H and O–H groups in total. The zero-order chi connectivity index (χ0) is 29.2. The van der Waals surface area contributed by atoms with Crippen LogP contribution in [0.15, 0.2) is 48.5 Å². The zero-order valence-corrected chi connectivity index (χ0v) is 24.2. The zero-order valence-electron chi connectivity index (χ0n) is 23.4. The quantitative estimate of drug-likeness (QED) is 0.311. The molecule has 0 aliphatic carbocycles. The van der Waals surface area contributed by atoms with Crippen LogP contribution in [0.4, 0.5) is 10.1 Å². The number of piperazine rings is 1. The first kappa shape index (κ1) is 26.7. The fourth-order valence-corrected chi connectivity index (χ4v) is 6.94. The number of para-hydroxylation sites is 1. The Balaban J connectivity index is 1.14. The van der Waals surface area contributed by atoms with Gasteiger partial charge in [-0.05, 0) is 42.8 Å². The molecule has 0 bridgehead atoms. The molecule has 4 aliphatic rings. The van der Waals surface area contributed by atoms with Gasteiger partial charge in [0.1, 0.15) is 23.8 Å². The molecule has 10 nitrogen and oxygen atoms in total. The molecule has 2 aromatic heterocycles. The summed E-state index contributed by atoms with van der Waals surface area (Å²) >= 11 is 5.99. The van der Waals surface area contributed by atoms with E-state index in [0.29, 0.717) is 47.4 Å². The van der Waals surface area contributed by atoms with Crippen LogP contribution in [-0.4, -0.2) is 77.5 Å². The lowest BCUT2D eigenvalue weighted by Crippen LogP contribution is -2.61. The largest absolute Gasteiger partial charge is 0.485 e. The molecule has 2 fully saturated rings. The van der Waals surface area contributed by atoms with E-state index in [1.807, 2.05) is 24.3 Å². The van der Waals surface area contributed by atoms with Crippen LogP contribution in [0.1, 0.15) is 40.4 Å². The summed E-state index contributed by atoms with van der Waals surface area (Å²) in [5, 5.41) is 0.333. The van der Waals surface area contributed by atoms with Crippen molar-refractivity contribution in [1.82, 2.24) is 19.4 Å². The number of aromatic nitrogens is 3. The Morgan fingerprint density at radius 3 is 2.81 bits per heavy atom. The lowest BCUT2D eigenvalue weighted by Gasteiger charge is -2.52. The maximum Gasteiger partial charge on any atom is 0.356 e. The second-order valence-electron chi connectivity index (χ2n) is 11.3. The first-order chi connectivity index (χ1) is 21.0. The van der Waals surface area contributed by atoms with Gasteiger partial charge < -0.3 is 28.4 Å². The van der Waals surface area contributed by atoms with Crippen molar-refractivity contribution >= 4 is 34.4 Å². The Labute approximate surface area is 251 Å². The molecule has 2 saturated heterocycles. The molecule has 2 unspecified atom stereocenters. The number of imidazole rings is 1. The summed E-state index contributed by atoms with van der Waals surface area (Å²) in [5.41, 5.74) is 2.96. The molecule has 0 radical (unpaired) electrons. The van der Waals surface area contributed by atoms with E-state index in [1.54, 1.807) is 18.2 Å². The van der Waals surface area contributed by atoms with Gasteiger partial charge in [0.05, 0.1) is 37.5 Å².